The lowest BCUT2D eigenvalue weighted by Crippen LogP contribution is -2.62. The topological polar surface area (TPSA) is 91.7 Å². The number of aliphatic hydroxyl groups is 2. The van der Waals surface area contributed by atoms with Gasteiger partial charge in [-0.25, -0.2) is 0 Å². The van der Waals surface area contributed by atoms with Gasteiger partial charge in [0.2, 0.25) is 0 Å². The monoisotopic (exact) mass is 462 g/mol. The van der Waals surface area contributed by atoms with E-state index in [1.165, 1.54) is 5.57 Å². The summed E-state index contributed by atoms with van der Waals surface area (Å²) in [6, 6.07) is 0. The summed E-state index contributed by atoms with van der Waals surface area (Å²) >= 11 is 1.00. The summed E-state index contributed by atoms with van der Waals surface area (Å²) < 4.78 is 0. The molecule has 4 rings (SSSR count). The summed E-state index contributed by atoms with van der Waals surface area (Å²) in [7, 11) is 0. The number of carbonyl (C=O) groups is 3. The van der Waals surface area contributed by atoms with Crippen molar-refractivity contribution in [1.29, 1.82) is 0 Å². The maximum absolute atomic E-state index is 13.3. The zero-order valence-electron chi connectivity index (χ0n) is 20.1. The van der Waals surface area contributed by atoms with Crippen LogP contribution in [0.15, 0.2) is 11.6 Å². The van der Waals surface area contributed by atoms with Crippen LogP contribution in [0.2, 0.25) is 0 Å². The van der Waals surface area contributed by atoms with E-state index in [4.69, 9.17) is 0 Å². The van der Waals surface area contributed by atoms with E-state index < -0.39 is 22.5 Å². The highest BCUT2D eigenvalue weighted by Crippen LogP contribution is 2.67. The molecule has 0 amide bonds. The van der Waals surface area contributed by atoms with Crippen LogP contribution in [0.1, 0.15) is 79.6 Å². The second kappa shape index (κ2) is 7.78. The Morgan fingerprint density at radius 3 is 2.50 bits per heavy atom. The molecule has 0 bridgehead atoms. The van der Waals surface area contributed by atoms with Crippen molar-refractivity contribution in [3.8, 4) is 0 Å². The number of ketones is 2. The van der Waals surface area contributed by atoms with Crippen LogP contribution in [0, 0.1) is 34.0 Å². The number of allylic oxidation sites excluding steroid dienone is 1. The van der Waals surface area contributed by atoms with Gasteiger partial charge in [-0.3, -0.25) is 14.4 Å². The lowest BCUT2D eigenvalue weighted by atomic mass is 9.45. The molecule has 6 heteroatoms. The molecule has 0 radical (unpaired) electrons. The van der Waals surface area contributed by atoms with Crippen LogP contribution in [0.3, 0.4) is 0 Å². The molecule has 2 N–H and O–H groups in total. The maximum Gasteiger partial charge on any atom is 0.194 e. The summed E-state index contributed by atoms with van der Waals surface area (Å²) in [6.45, 7) is 9.68. The van der Waals surface area contributed by atoms with Crippen molar-refractivity contribution in [2.75, 3.05) is 5.75 Å². The Kier molecular flexibility index (Phi) is 5.87. The van der Waals surface area contributed by atoms with Gasteiger partial charge in [0.15, 0.2) is 16.7 Å². The standard InChI is InChI=1S/C26H38O5S/c1-23(2,3)22(30)32-14-20(29)26(31)11-9-18-17-7-6-15-12-16(27)8-10-24(15,4)21(17)19(28)13-25(18,26)5/h12,17-19,21,28,31H,6-11,13-14H2,1-5H3/t17-,18?,19-,21+,24?,25+,26-/m0/s1. The third kappa shape index (κ3) is 3.47. The predicted octanol–water partition coefficient (Wildman–Crippen LogP) is 4.10. The van der Waals surface area contributed by atoms with E-state index in [2.05, 4.69) is 6.92 Å². The van der Waals surface area contributed by atoms with Gasteiger partial charge in [-0.15, -0.1) is 0 Å². The van der Waals surface area contributed by atoms with Gasteiger partial charge in [-0.2, -0.15) is 0 Å². The summed E-state index contributed by atoms with van der Waals surface area (Å²) in [5, 5.41) is 23.1. The Hall–Kier alpha value is -0.980. The fourth-order valence-electron chi connectivity index (χ4n) is 7.62. The molecule has 5 nitrogen and oxygen atoms in total. The molecule has 0 heterocycles. The first-order valence-corrected chi connectivity index (χ1v) is 13.1. The Bertz CT molecular complexity index is 872. The molecular weight excluding hydrogens is 424 g/mol. The molecule has 0 aromatic rings. The van der Waals surface area contributed by atoms with Gasteiger partial charge in [-0.1, -0.05) is 52.0 Å². The highest BCUT2D eigenvalue weighted by molar-refractivity contribution is 8.14. The van der Waals surface area contributed by atoms with E-state index >= 15 is 0 Å². The van der Waals surface area contributed by atoms with Crippen molar-refractivity contribution in [2.24, 2.45) is 34.0 Å². The van der Waals surface area contributed by atoms with E-state index in [9.17, 15) is 24.6 Å². The Morgan fingerprint density at radius 2 is 1.84 bits per heavy atom. The highest BCUT2D eigenvalue weighted by Gasteiger charge is 2.68. The number of carbonyl (C=O) groups excluding carboxylic acids is 3. The van der Waals surface area contributed by atoms with E-state index in [1.54, 1.807) is 0 Å². The minimum absolute atomic E-state index is 0.0220. The molecular formula is C26H38O5S. The number of Topliss-reactive ketones (excluding diaryl/α,β-unsaturated/α-hetero) is 1. The van der Waals surface area contributed by atoms with Crippen LogP contribution in [0.5, 0.6) is 0 Å². The van der Waals surface area contributed by atoms with Gasteiger partial charge < -0.3 is 10.2 Å². The van der Waals surface area contributed by atoms with Crippen molar-refractivity contribution < 1.29 is 24.6 Å². The van der Waals surface area contributed by atoms with Crippen molar-refractivity contribution in [2.45, 2.75) is 91.3 Å². The van der Waals surface area contributed by atoms with Gasteiger partial charge in [0.05, 0.1) is 11.9 Å². The normalized spacial score (nSPS) is 43.7. The number of hydrogen-bond donors (Lipinski definition) is 2. The molecule has 0 aromatic heterocycles. The lowest BCUT2D eigenvalue weighted by molar-refractivity contribution is -0.178. The largest absolute Gasteiger partial charge is 0.393 e. The minimum Gasteiger partial charge on any atom is -0.393 e. The number of hydrogen-bond acceptors (Lipinski definition) is 6. The van der Waals surface area contributed by atoms with Crippen LogP contribution in [0.4, 0.5) is 0 Å². The molecule has 178 valence electrons. The Morgan fingerprint density at radius 1 is 1.16 bits per heavy atom. The first kappa shape index (κ1) is 24.2. The molecule has 0 saturated heterocycles. The second-order valence-electron chi connectivity index (χ2n) is 12.2. The average molecular weight is 463 g/mol. The molecule has 3 fully saturated rings. The predicted molar refractivity (Wildman–Crippen MR) is 125 cm³/mol. The molecule has 4 aliphatic carbocycles. The van der Waals surface area contributed by atoms with E-state index in [0.717, 1.165) is 37.4 Å². The minimum atomic E-state index is -1.51. The van der Waals surface area contributed by atoms with E-state index in [-0.39, 0.29) is 45.6 Å². The highest BCUT2D eigenvalue weighted by atomic mass is 32.2. The van der Waals surface area contributed by atoms with Gasteiger partial charge >= 0.3 is 0 Å². The fraction of sp³-hybridized carbons (Fsp3) is 0.808. The van der Waals surface area contributed by atoms with E-state index in [1.807, 2.05) is 33.8 Å². The summed E-state index contributed by atoms with van der Waals surface area (Å²) in [6.07, 6.45) is 5.78. The van der Waals surface area contributed by atoms with Crippen molar-refractivity contribution in [3.05, 3.63) is 11.6 Å². The van der Waals surface area contributed by atoms with Crippen LogP contribution in [0.25, 0.3) is 0 Å². The molecule has 7 atom stereocenters. The van der Waals surface area contributed by atoms with Crippen molar-refractivity contribution in [1.82, 2.24) is 0 Å². The van der Waals surface area contributed by atoms with Crippen LogP contribution in [-0.4, -0.2) is 44.4 Å². The number of aliphatic hydroxyl groups excluding tert-OH is 1. The zero-order chi connectivity index (χ0) is 23.7. The Labute approximate surface area is 195 Å². The smallest absolute Gasteiger partial charge is 0.194 e. The number of rotatable bonds is 3. The number of fused-ring (bicyclic) bond motifs is 5. The molecule has 32 heavy (non-hydrogen) atoms. The third-order valence-electron chi connectivity index (χ3n) is 9.46. The molecule has 3 saturated carbocycles. The molecule has 0 aromatic carbocycles. The molecule has 0 aliphatic heterocycles. The third-order valence-corrected chi connectivity index (χ3v) is 10.7. The Balaban J connectivity index is 1.59. The summed E-state index contributed by atoms with van der Waals surface area (Å²) in [4.78, 5) is 37.7. The second-order valence-corrected chi connectivity index (χ2v) is 13.2. The SMILES string of the molecule is CC(C)(C)C(=O)SCC(=O)[C@@]1(O)CCC2[C@@H]3CCC4=CC(=O)CCC4(C)[C@H]3[C@@H](O)C[C@]21C. The summed E-state index contributed by atoms with van der Waals surface area (Å²) in [5.41, 5.74) is -1.74. The maximum atomic E-state index is 13.3. The lowest BCUT2D eigenvalue weighted by Gasteiger charge is -2.60. The van der Waals surface area contributed by atoms with Crippen molar-refractivity contribution in [3.63, 3.8) is 0 Å². The van der Waals surface area contributed by atoms with Crippen LogP contribution in [-0.2, 0) is 14.4 Å². The first-order chi connectivity index (χ1) is 14.7. The van der Waals surface area contributed by atoms with Crippen molar-refractivity contribution >= 4 is 28.4 Å². The van der Waals surface area contributed by atoms with Gasteiger partial charge in [-0.05, 0) is 67.8 Å². The van der Waals surface area contributed by atoms with Crippen LogP contribution >= 0.6 is 11.8 Å². The van der Waals surface area contributed by atoms with Gasteiger partial charge in [0, 0.05) is 17.3 Å². The quantitative estimate of drug-likeness (QED) is 0.656. The van der Waals surface area contributed by atoms with E-state index in [0.29, 0.717) is 19.3 Å². The van der Waals surface area contributed by atoms with Gasteiger partial charge in [0.1, 0.15) is 5.60 Å². The number of thioether (sulfide) groups is 1. The average Bonchev–Trinajstić information content (AvgIpc) is 2.97. The zero-order valence-corrected chi connectivity index (χ0v) is 20.9. The van der Waals surface area contributed by atoms with Crippen LogP contribution < -0.4 is 0 Å². The summed E-state index contributed by atoms with van der Waals surface area (Å²) in [5.74, 6) is 0.332. The molecule has 4 aliphatic rings. The first-order valence-electron chi connectivity index (χ1n) is 12.1. The van der Waals surface area contributed by atoms with Gasteiger partial charge in [0.25, 0.3) is 0 Å². The molecule has 2 unspecified atom stereocenters. The molecule has 0 spiro atoms. The fourth-order valence-corrected chi connectivity index (χ4v) is 8.55.